The summed E-state index contributed by atoms with van der Waals surface area (Å²) >= 11 is 0. The van der Waals surface area contributed by atoms with Crippen LogP contribution in [-0.4, -0.2) is 54.5 Å². The van der Waals surface area contributed by atoms with Crippen LogP contribution in [0.3, 0.4) is 0 Å². The van der Waals surface area contributed by atoms with E-state index in [2.05, 4.69) is 24.3 Å². The van der Waals surface area contributed by atoms with Crippen molar-refractivity contribution in [3.05, 3.63) is 78.6 Å². The number of hydrogen-bond donors (Lipinski definition) is 1. The lowest BCUT2D eigenvalue weighted by molar-refractivity contribution is -0.130. The fourth-order valence-corrected chi connectivity index (χ4v) is 4.26. The maximum Gasteiger partial charge on any atom is 0.246 e. The van der Waals surface area contributed by atoms with Gasteiger partial charge in [-0.2, -0.15) is 0 Å². The number of likely N-dealkylation sites (N-methyl/N-ethyl adjacent to an activating group) is 1. The molecule has 1 aromatic heterocycles. The summed E-state index contributed by atoms with van der Waals surface area (Å²) in [5.41, 5.74) is 2.80. The summed E-state index contributed by atoms with van der Waals surface area (Å²) < 4.78 is 6.19. The Kier molecular flexibility index (Phi) is 5.19. The first-order chi connectivity index (χ1) is 15.5. The molecule has 2 heterocycles. The van der Waals surface area contributed by atoms with Gasteiger partial charge in [-0.25, -0.2) is 0 Å². The predicted molar refractivity (Wildman–Crippen MR) is 128 cm³/mol. The molecule has 1 fully saturated rings. The van der Waals surface area contributed by atoms with Gasteiger partial charge in [-0.1, -0.05) is 42.5 Å². The number of rotatable bonds is 5. The first-order valence-corrected chi connectivity index (χ1v) is 10.8. The minimum Gasteiger partial charge on any atom is -0.508 e. The number of furan rings is 1. The molecule has 1 aliphatic heterocycles. The lowest BCUT2D eigenvalue weighted by Gasteiger charge is -2.37. The van der Waals surface area contributed by atoms with Gasteiger partial charge in [0.15, 0.2) is 0 Å². The highest BCUT2D eigenvalue weighted by molar-refractivity contribution is 5.99. The van der Waals surface area contributed by atoms with Crippen LogP contribution < -0.4 is 0 Å². The molecular formula is C27H26N2O3. The first kappa shape index (κ1) is 20.3. The van der Waals surface area contributed by atoms with E-state index in [0.29, 0.717) is 13.1 Å². The zero-order chi connectivity index (χ0) is 22.2. The molecule has 1 amide bonds. The number of likely N-dealkylation sites (tertiary alicyclic amines) is 1. The number of carbonyl (C=O) groups excluding carboxylic acids is 1. The highest BCUT2D eigenvalue weighted by atomic mass is 16.3. The number of benzene rings is 3. The molecule has 0 spiro atoms. The number of phenols is 1. The van der Waals surface area contributed by atoms with Crippen molar-refractivity contribution in [3.63, 3.8) is 0 Å². The van der Waals surface area contributed by atoms with E-state index in [1.54, 1.807) is 18.2 Å². The zero-order valence-corrected chi connectivity index (χ0v) is 18.3. The van der Waals surface area contributed by atoms with Crippen LogP contribution in [0.15, 0.2) is 77.2 Å². The molecule has 5 heteroatoms. The van der Waals surface area contributed by atoms with Crippen LogP contribution in [0.4, 0.5) is 0 Å². The number of fused-ring (bicyclic) bond motifs is 2. The third-order valence-electron chi connectivity index (χ3n) is 6.02. The van der Waals surface area contributed by atoms with Gasteiger partial charge in [0.2, 0.25) is 5.91 Å². The molecule has 1 N–H and O–H groups in total. The van der Waals surface area contributed by atoms with E-state index in [4.69, 9.17) is 4.42 Å². The standard InChI is InChI=1S/C27H26N2O3/c1-28(2)11-5-8-27(31)29-16-21(17-29)26-14-20-10-9-19(13-25(20)32-26)24-15-22(30)12-18-6-3-4-7-23(18)24/h3-10,12-15,21,30H,11,16-17H2,1-2H3/b8-5+. The fraction of sp³-hybridized carbons (Fsp3) is 0.222. The topological polar surface area (TPSA) is 56.9 Å². The molecule has 4 aromatic rings. The number of aromatic hydroxyl groups is 1. The Labute approximate surface area is 187 Å². The second-order valence-electron chi connectivity index (χ2n) is 8.72. The van der Waals surface area contributed by atoms with E-state index >= 15 is 0 Å². The Morgan fingerprint density at radius 2 is 1.91 bits per heavy atom. The van der Waals surface area contributed by atoms with E-state index < -0.39 is 0 Å². The molecular weight excluding hydrogens is 400 g/mol. The molecule has 3 aromatic carbocycles. The molecule has 0 bridgehead atoms. The summed E-state index contributed by atoms with van der Waals surface area (Å²) in [7, 11) is 3.95. The van der Waals surface area contributed by atoms with Gasteiger partial charge in [-0.05, 0) is 60.3 Å². The van der Waals surface area contributed by atoms with Gasteiger partial charge in [-0.3, -0.25) is 4.79 Å². The molecule has 0 radical (unpaired) electrons. The highest BCUT2D eigenvalue weighted by Gasteiger charge is 2.33. The van der Waals surface area contributed by atoms with Crippen molar-refractivity contribution in [2.45, 2.75) is 5.92 Å². The van der Waals surface area contributed by atoms with Gasteiger partial charge in [0.1, 0.15) is 17.1 Å². The second kappa shape index (κ2) is 8.17. The van der Waals surface area contributed by atoms with Crippen molar-refractivity contribution >= 4 is 27.6 Å². The summed E-state index contributed by atoms with van der Waals surface area (Å²) in [6, 6.07) is 19.9. The minimum absolute atomic E-state index is 0.0530. The molecule has 5 nitrogen and oxygen atoms in total. The van der Waals surface area contributed by atoms with Gasteiger partial charge < -0.3 is 19.3 Å². The van der Waals surface area contributed by atoms with Crippen molar-refractivity contribution in [1.29, 1.82) is 0 Å². The highest BCUT2D eigenvalue weighted by Crippen LogP contribution is 2.36. The molecule has 0 aliphatic carbocycles. The minimum atomic E-state index is 0.0530. The van der Waals surface area contributed by atoms with Crippen molar-refractivity contribution in [2.75, 3.05) is 33.7 Å². The average molecular weight is 427 g/mol. The molecule has 1 aliphatic rings. The van der Waals surface area contributed by atoms with Crippen LogP contribution in [0.5, 0.6) is 5.75 Å². The van der Waals surface area contributed by atoms with E-state index in [1.165, 1.54) is 0 Å². The third-order valence-corrected chi connectivity index (χ3v) is 6.02. The summed E-state index contributed by atoms with van der Waals surface area (Å²) in [6.07, 6.45) is 3.55. The molecule has 0 atom stereocenters. The van der Waals surface area contributed by atoms with E-state index in [9.17, 15) is 9.90 Å². The Morgan fingerprint density at radius 1 is 1.09 bits per heavy atom. The van der Waals surface area contributed by atoms with E-state index in [1.807, 2.05) is 54.2 Å². The lowest BCUT2D eigenvalue weighted by Crippen LogP contribution is -2.47. The quantitative estimate of drug-likeness (QED) is 0.456. The van der Waals surface area contributed by atoms with Crippen LogP contribution in [-0.2, 0) is 4.79 Å². The molecule has 162 valence electrons. The van der Waals surface area contributed by atoms with E-state index in [-0.39, 0.29) is 17.6 Å². The second-order valence-corrected chi connectivity index (χ2v) is 8.72. The zero-order valence-electron chi connectivity index (χ0n) is 18.3. The normalized spacial score (nSPS) is 14.7. The smallest absolute Gasteiger partial charge is 0.246 e. The maximum absolute atomic E-state index is 12.3. The largest absolute Gasteiger partial charge is 0.508 e. The molecule has 5 rings (SSSR count). The predicted octanol–water partition coefficient (Wildman–Crippen LogP) is 5.00. The number of carbonyl (C=O) groups is 1. The number of hydrogen-bond acceptors (Lipinski definition) is 4. The Morgan fingerprint density at radius 3 is 2.72 bits per heavy atom. The van der Waals surface area contributed by atoms with Crippen molar-refractivity contribution < 1.29 is 14.3 Å². The molecule has 32 heavy (non-hydrogen) atoms. The Hall–Kier alpha value is -3.57. The maximum atomic E-state index is 12.3. The average Bonchev–Trinajstić information content (AvgIpc) is 3.14. The van der Waals surface area contributed by atoms with Crippen molar-refractivity contribution in [2.24, 2.45) is 0 Å². The third kappa shape index (κ3) is 3.87. The number of phenolic OH excluding ortho intramolecular Hbond substituents is 1. The molecule has 1 saturated heterocycles. The summed E-state index contributed by atoms with van der Waals surface area (Å²) in [4.78, 5) is 16.1. The van der Waals surface area contributed by atoms with Gasteiger partial charge in [0.05, 0.1) is 5.92 Å². The number of amides is 1. The summed E-state index contributed by atoms with van der Waals surface area (Å²) in [5.74, 6) is 1.44. The van der Waals surface area contributed by atoms with Gasteiger partial charge in [0, 0.05) is 31.1 Å². The van der Waals surface area contributed by atoms with Crippen LogP contribution in [0.2, 0.25) is 0 Å². The SMILES string of the molecule is CN(C)C/C=C/C(=O)N1CC(c2cc3ccc(-c4cc(O)cc5ccccc45)cc3o2)C1. The van der Waals surface area contributed by atoms with Crippen LogP contribution in [0.25, 0.3) is 32.9 Å². The summed E-state index contributed by atoms with van der Waals surface area (Å²) in [6.45, 7) is 2.10. The monoisotopic (exact) mass is 426 g/mol. The molecule has 0 unspecified atom stereocenters. The van der Waals surface area contributed by atoms with Gasteiger partial charge in [0.25, 0.3) is 0 Å². The lowest BCUT2D eigenvalue weighted by atomic mass is 9.96. The van der Waals surface area contributed by atoms with Crippen LogP contribution in [0.1, 0.15) is 11.7 Å². The van der Waals surface area contributed by atoms with E-state index in [0.717, 1.165) is 45.2 Å². The van der Waals surface area contributed by atoms with Gasteiger partial charge in [-0.15, -0.1) is 0 Å². The van der Waals surface area contributed by atoms with Crippen LogP contribution in [0, 0.1) is 0 Å². The number of nitrogens with zero attached hydrogens (tertiary/aromatic N) is 2. The Bertz CT molecular complexity index is 1330. The first-order valence-electron chi connectivity index (χ1n) is 10.8. The fourth-order valence-electron chi connectivity index (χ4n) is 4.26. The van der Waals surface area contributed by atoms with Crippen molar-refractivity contribution in [1.82, 2.24) is 9.80 Å². The van der Waals surface area contributed by atoms with Crippen molar-refractivity contribution in [3.8, 4) is 16.9 Å². The van der Waals surface area contributed by atoms with Gasteiger partial charge >= 0.3 is 0 Å². The Balaban J connectivity index is 1.36. The molecule has 0 saturated carbocycles. The van der Waals surface area contributed by atoms with Crippen LogP contribution >= 0.6 is 0 Å². The summed E-state index contributed by atoms with van der Waals surface area (Å²) in [5, 5.41) is 13.3.